The van der Waals surface area contributed by atoms with Gasteiger partial charge < -0.3 is 19.7 Å². The molecule has 0 bridgehead atoms. The molecule has 14 aromatic carbocycles. The van der Waals surface area contributed by atoms with Crippen LogP contribution in [0, 0.1) is 0 Å². The Balaban J connectivity index is 1.08. The molecule has 14 aromatic rings. The molecule has 0 atom stereocenters. The lowest BCUT2D eigenvalue weighted by Gasteiger charge is -2.23. The van der Waals surface area contributed by atoms with Crippen molar-refractivity contribution in [2.75, 3.05) is 0 Å². The van der Waals surface area contributed by atoms with Crippen molar-refractivity contribution in [3.63, 3.8) is 0 Å². The van der Waals surface area contributed by atoms with Gasteiger partial charge in [0.15, 0.2) is 0 Å². The second-order valence-corrected chi connectivity index (χ2v) is 20.0. The van der Waals surface area contributed by atoms with Gasteiger partial charge in [0.2, 0.25) is 0 Å². The molecular formula is C74H50O4. The molecule has 0 unspecified atom stereocenters. The summed E-state index contributed by atoms with van der Waals surface area (Å²) < 4.78 is 15.3. The molecule has 0 aliphatic heterocycles. The average Bonchev–Trinajstić information content (AvgIpc) is 3.64. The van der Waals surface area contributed by atoms with Crippen LogP contribution >= 0.6 is 0 Å². The molecule has 0 aliphatic carbocycles. The van der Waals surface area contributed by atoms with Gasteiger partial charge in [-0.15, -0.1) is 0 Å². The fourth-order valence-electron chi connectivity index (χ4n) is 11.8. The summed E-state index contributed by atoms with van der Waals surface area (Å²) in [5.41, 5.74) is 11.6. The summed E-state index contributed by atoms with van der Waals surface area (Å²) in [7, 11) is 0. The maximum atomic E-state index is 10.9. The van der Waals surface area contributed by atoms with Crippen LogP contribution in [0.25, 0.3) is 120 Å². The van der Waals surface area contributed by atoms with Gasteiger partial charge in [0, 0.05) is 33.0 Å². The van der Waals surface area contributed by atoms with Gasteiger partial charge in [0.1, 0.15) is 23.0 Å². The van der Waals surface area contributed by atoms with Crippen molar-refractivity contribution < 1.29 is 19.7 Å². The Morgan fingerprint density at radius 3 is 1.04 bits per heavy atom. The summed E-state index contributed by atoms with van der Waals surface area (Å²) in [6.45, 7) is -0.255. The Kier molecular flexibility index (Phi) is 11.8. The highest BCUT2D eigenvalue weighted by molar-refractivity contribution is 6.13. The molecule has 0 amide bonds. The van der Waals surface area contributed by atoms with E-state index in [-0.39, 0.29) is 13.2 Å². The third kappa shape index (κ3) is 8.11. The van der Waals surface area contributed by atoms with E-state index in [1.165, 1.54) is 21.5 Å². The monoisotopic (exact) mass is 1000 g/mol. The van der Waals surface area contributed by atoms with Crippen molar-refractivity contribution in [2.45, 2.75) is 13.2 Å². The Labute approximate surface area is 451 Å². The predicted molar refractivity (Wildman–Crippen MR) is 324 cm³/mol. The third-order valence-corrected chi connectivity index (χ3v) is 15.5. The maximum Gasteiger partial charge on any atom is 0.143 e. The number of ether oxygens (including phenoxy) is 2. The van der Waals surface area contributed by atoms with E-state index in [1.54, 1.807) is 0 Å². The topological polar surface area (TPSA) is 58.9 Å². The zero-order valence-corrected chi connectivity index (χ0v) is 42.5. The number of hydrogen-bond donors (Lipinski definition) is 2. The first kappa shape index (κ1) is 46.7. The molecule has 0 fully saturated rings. The zero-order valence-electron chi connectivity index (χ0n) is 42.5. The number of hydrogen-bond acceptors (Lipinski definition) is 4. The molecule has 78 heavy (non-hydrogen) atoms. The van der Waals surface area contributed by atoms with Crippen molar-refractivity contribution in [1.82, 2.24) is 0 Å². The van der Waals surface area contributed by atoms with E-state index in [4.69, 9.17) is 9.47 Å². The lowest BCUT2D eigenvalue weighted by Crippen LogP contribution is -1.99. The summed E-state index contributed by atoms with van der Waals surface area (Å²) in [6.07, 6.45) is 0. The fraction of sp³-hybridized carbons (Fsp3) is 0.0270. The summed E-state index contributed by atoms with van der Waals surface area (Å²) in [6, 6.07) is 93.3. The van der Waals surface area contributed by atoms with Crippen LogP contribution in [0.1, 0.15) is 11.1 Å². The third-order valence-electron chi connectivity index (χ3n) is 15.5. The van der Waals surface area contributed by atoms with Gasteiger partial charge in [-0.25, -0.2) is 0 Å². The SMILES string of the molecule is OCc1cc(-c2ccccc2)c(Oc2ccc3cc(-c4cccc5ccccc45)ccc3c2-c2c(Oc3c(-c4ccccc4)cc(CO)c4ccccc34)ccc3cc(-c4cccc5ccccc45)ccc23)c2ccccc12. The van der Waals surface area contributed by atoms with E-state index in [9.17, 15) is 10.2 Å². The van der Waals surface area contributed by atoms with E-state index in [2.05, 4.69) is 206 Å². The van der Waals surface area contributed by atoms with Gasteiger partial charge in [-0.2, -0.15) is 0 Å². The standard InChI is InChI=1S/C74H50O4/c75-45-55-43-67(49-17-3-1-4-18-49)73(65-29-13-11-27-61(55)65)77-69-39-35-53-41-51(59-31-15-23-47-21-7-9-25-57(47)59)33-37-63(53)71(69)72-64-38-34-52(60-32-16-24-48-22-8-10-26-58(48)60)42-54(64)36-40-70(72)78-74-66-30-14-12-28-62(66)56(46-76)44-68(74)50-19-5-2-6-20-50/h1-44,75-76H,45-46H2. The molecule has 370 valence electrons. The molecule has 2 N–H and O–H groups in total. The van der Waals surface area contributed by atoms with E-state index in [0.717, 1.165) is 110 Å². The van der Waals surface area contributed by atoms with Crippen molar-refractivity contribution in [3.8, 4) is 78.6 Å². The molecule has 0 heterocycles. The van der Waals surface area contributed by atoms with E-state index in [1.807, 2.05) is 60.7 Å². The highest BCUT2D eigenvalue weighted by atomic mass is 16.5. The zero-order chi connectivity index (χ0) is 52.1. The molecule has 4 heteroatoms. The fourth-order valence-corrected chi connectivity index (χ4v) is 11.8. The first-order chi connectivity index (χ1) is 38.6. The van der Waals surface area contributed by atoms with Crippen molar-refractivity contribution in [2.24, 2.45) is 0 Å². The molecule has 4 nitrogen and oxygen atoms in total. The number of aliphatic hydroxyl groups is 2. The highest BCUT2D eigenvalue weighted by Crippen LogP contribution is 2.52. The van der Waals surface area contributed by atoms with Crippen LogP contribution in [0.2, 0.25) is 0 Å². The van der Waals surface area contributed by atoms with Crippen molar-refractivity contribution in [3.05, 3.63) is 278 Å². The Morgan fingerprint density at radius 2 is 0.615 bits per heavy atom. The largest absolute Gasteiger partial charge is 0.455 e. The first-order valence-electron chi connectivity index (χ1n) is 26.5. The van der Waals surface area contributed by atoms with Crippen molar-refractivity contribution in [1.29, 1.82) is 0 Å². The quantitative estimate of drug-likeness (QED) is 0.136. The molecule has 0 radical (unpaired) electrons. The smallest absolute Gasteiger partial charge is 0.143 e. The average molecular weight is 1000 g/mol. The van der Waals surface area contributed by atoms with Crippen LogP contribution in [0.15, 0.2) is 267 Å². The number of rotatable bonds is 11. The second-order valence-electron chi connectivity index (χ2n) is 20.0. The van der Waals surface area contributed by atoms with Gasteiger partial charge >= 0.3 is 0 Å². The Morgan fingerprint density at radius 1 is 0.244 bits per heavy atom. The number of aliphatic hydroxyl groups excluding tert-OH is 2. The molecule has 0 aromatic heterocycles. The maximum absolute atomic E-state index is 10.9. The van der Waals surface area contributed by atoms with E-state index >= 15 is 0 Å². The lowest BCUT2D eigenvalue weighted by molar-refractivity contribution is 0.283. The van der Waals surface area contributed by atoms with Gasteiger partial charge in [-0.1, -0.05) is 231 Å². The van der Waals surface area contributed by atoms with Crippen LogP contribution in [0.3, 0.4) is 0 Å². The number of benzene rings is 14. The summed E-state index contributed by atoms with van der Waals surface area (Å²) >= 11 is 0. The Bertz CT molecular complexity index is 4330. The van der Waals surface area contributed by atoms with E-state index in [0.29, 0.717) is 23.0 Å². The van der Waals surface area contributed by atoms with Gasteiger partial charge in [0.05, 0.1) is 13.2 Å². The normalized spacial score (nSPS) is 11.6. The Hall–Kier alpha value is -9.84. The molecule has 0 spiro atoms. The molecule has 0 saturated carbocycles. The minimum absolute atomic E-state index is 0.128. The van der Waals surface area contributed by atoms with Crippen LogP contribution in [0.4, 0.5) is 0 Å². The summed E-state index contributed by atoms with van der Waals surface area (Å²) in [4.78, 5) is 0. The first-order valence-corrected chi connectivity index (χ1v) is 26.5. The second kappa shape index (κ2) is 19.7. The predicted octanol–water partition coefficient (Wildman–Crippen LogP) is 19.5. The molecule has 0 aliphatic rings. The van der Waals surface area contributed by atoms with Crippen LogP contribution in [0.5, 0.6) is 23.0 Å². The van der Waals surface area contributed by atoms with Gasteiger partial charge in [-0.3, -0.25) is 0 Å². The van der Waals surface area contributed by atoms with Crippen LogP contribution in [-0.4, -0.2) is 10.2 Å². The van der Waals surface area contributed by atoms with Gasteiger partial charge in [-0.05, 0) is 135 Å². The molecular weight excluding hydrogens is 953 g/mol. The summed E-state index contributed by atoms with van der Waals surface area (Å²) in [5, 5.41) is 34.1. The number of fused-ring (bicyclic) bond motifs is 6. The lowest BCUT2D eigenvalue weighted by atomic mass is 9.88. The van der Waals surface area contributed by atoms with Gasteiger partial charge in [0.25, 0.3) is 0 Å². The minimum Gasteiger partial charge on any atom is -0.455 e. The van der Waals surface area contributed by atoms with Crippen molar-refractivity contribution >= 4 is 64.6 Å². The van der Waals surface area contributed by atoms with Crippen LogP contribution in [-0.2, 0) is 13.2 Å². The molecule has 0 saturated heterocycles. The van der Waals surface area contributed by atoms with E-state index < -0.39 is 0 Å². The minimum atomic E-state index is -0.128. The van der Waals surface area contributed by atoms with Crippen LogP contribution < -0.4 is 9.47 Å². The summed E-state index contributed by atoms with van der Waals surface area (Å²) in [5.74, 6) is 2.64. The molecule has 14 rings (SSSR count). The highest BCUT2D eigenvalue weighted by Gasteiger charge is 2.26.